The fraction of sp³-hybridized carbons (Fsp3) is 0.462. The number of carbonyl (C=O) groups excluding carboxylic acids is 1. The summed E-state index contributed by atoms with van der Waals surface area (Å²) in [6.07, 6.45) is 3.06. The molecule has 0 bridgehead atoms. The zero-order valence-corrected chi connectivity index (χ0v) is 14.4. The molecule has 1 aliphatic carbocycles. The number of nitrogens with one attached hydrogen (secondary N) is 1. The van der Waals surface area contributed by atoms with Gasteiger partial charge in [-0.05, 0) is 52.7 Å². The predicted molar refractivity (Wildman–Crippen MR) is 81.4 cm³/mol. The standard InChI is InChI=1S/C13H14BrClFNO3S/c1-2-13(3-4-13)7-17-12(18)9-5-8(16)6-10(11(9)14)21(15,19)20/h5-6H,2-4,7H2,1H3,(H,17,18). The third-order valence-corrected chi connectivity index (χ3v) is 6.31. The van der Waals surface area contributed by atoms with Crippen molar-refractivity contribution >= 4 is 41.6 Å². The number of hydrogen-bond acceptors (Lipinski definition) is 3. The van der Waals surface area contributed by atoms with Gasteiger partial charge < -0.3 is 5.32 Å². The van der Waals surface area contributed by atoms with Crippen LogP contribution in [0.2, 0.25) is 0 Å². The van der Waals surface area contributed by atoms with Crippen LogP contribution in [0.5, 0.6) is 0 Å². The highest BCUT2D eigenvalue weighted by atomic mass is 79.9. The molecule has 1 fully saturated rings. The molecule has 1 N–H and O–H groups in total. The lowest BCUT2D eigenvalue weighted by Gasteiger charge is -2.14. The summed E-state index contributed by atoms with van der Waals surface area (Å²) in [7, 11) is 1.10. The van der Waals surface area contributed by atoms with Gasteiger partial charge in [0.05, 0.1) is 10.0 Å². The van der Waals surface area contributed by atoms with Gasteiger partial charge in [-0.3, -0.25) is 4.79 Å². The Morgan fingerprint density at radius 1 is 1.48 bits per heavy atom. The molecule has 0 unspecified atom stereocenters. The van der Waals surface area contributed by atoms with Crippen LogP contribution in [-0.2, 0) is 9.05 Å². The van der Waals surface area contributed by atoms with Crippen molar-refractivity contribution in [1.29, 1.82) is 0 Å². The van der Waals surface area contributed by atoms with E-state index < -0.39 is 25.7 Å². The van der Waals surface area contributed by atoms with E-state index >= 15 is 0 Å². The fourth-order valence-electron chi connectivity index (χ4n) is 2.10. The molecule has 21 heavy (non-hydrogen) atoms. The maximum absolute atomic E-state index is 13.5. The fourth-order valence-corrected chi connectivity index (χ4v) is 4.37. The Balaban J connectivity index is 2.27. The molecule has 4 nitrogen and oxygen atoms in total. The minimum Gasteiger partial charge on any atom is -0.351 e. The summed E-state index contributed by atoms with van der Waals surface area (Å²) in [5, 5.41) is 2.73. The lowest BCUT2D eigenvalue weighted by molar-refractivity contribution is 0.0943. The van der Waals surface area contributed by atoms with E-state index in [9.17, 15) is 17.6 Å². The largest absolute Gasteiger partial charge is 0.351 e. The summed E-state index contributed by atoms with van der Waals surface area (Å²) in [5.74, 6) is -1.36. The quantitative estimate of drug-likeness (QED) is 0.773. The molecular formula is C13H14BrClFNO3S. The second kappa shape index (κ2) is 5.85. The maximum Gasteiger partial charge on any atom is 0.262 e. The van der Waals surface area contributed by atoms with Crippen molar-refractivity contribution in [2.24, 2.45) is 5.41 Å². The summed E-state index contributed by atoms with van der Waals surface area (Å²) in [6, 6.07) is 1.76. The van der Waals surface area contributed by atoms with Crippen LogP contribution < -0.4 is 5.32 Å². The molecule has 1 aromatic rings. The Bertz CT molecular complexity index is 689. The van der Waals surface area contributed by atoms with E-state index in [4.69, 9.17) is 10.7 Å². The number of halogens is 3. The van der Waals surface area contributed by atoms with E-state index in [2.05, 4.69) is 28.2 Å². The molecule has 0 atom stereocenters. The van der Waals surface area contributed by atoms with Crippen molar-refractivity contribution in [3.63, 3.8) is 0 Å². The summed E-state index contributed by atoms with van der Waals surface area (Å²) in [5.41, 5.74) is 0.0535. The van der Waals surface area contributed by atoms with Crippen LogP contribution in [0.3, 0.4) is 0 Å². The Morgan fingerprint density at radius 3 is 2.57 bits per heavy atom. The minimum absolute atomic E-state index is 0.0299. The first kappa shape index (κ1) is 16.7. The zero-order chi connectivity index (χ0) is 15.8. The van der Waals surface area contributed by atoms with Gasteiger partial charge in [-0.2, -0.15) is 0 Å². The highest BCUT2D eigenvalue weighted by Crippen LogP contribution is 2.47. The molecule has 1 aliphatic rings. The number of hydrogen-bond donors (Lipinski definition) is 1. The highest BCUT2D eigenvalue weighted by molar-refractivity contribution is 9.10. The van der Waals surface area contributed by atoms with Crippen LogP contribution in [0.25, 0.3) is 0 Å². The lowest BCUT2D eigenvalue weighted by atomic mass is 10.0. The second-order valence-corrected chi connectivity index (χ2v) is 8.57. The van der Waals surface area contributed by atoms with Crippen molar-refractivity contribution in [1.82, 2.24) is 5.32 Å². The van der Waals surface area contributed by atoms with Crippen molar-refractivity contribution in [2.75, 3.05) is 6.54 Å². The molecule has 0 spiro atoms. The predicted octanol–water partition coefficient (Wildman–Crippen LogP) is 3.44. The molecule has 0 aliphatic heterocycles. The van der Waals surface area contributed by atoms with Gasteiger partial charge in [0.2, 0.25) is 0 Å². The van der Waals surface area contributed by atoms with E-state index in [-0.39, 0.29) is 15.5 Å². The van der Waals surface area contributed by atoms with E-state index in [1.54, 1.807) is 0 Å². The van der Waals surface area contributed by atoms with Crippen LogP contribution in [-0.4, -0.2) is 20.9 Å². The Kier molecular flexibility index (Phi) is 4.66. The molecular weight excluding hydrogens is 385 g/mol. The average molecular weight is 399 g/mol. The highest BCUT2D eigenvalue weighted by Gasteiger charge is 2.40. The number of amides is 1. The van der Waals surface area contributed by atoms with Crippen LogP contribution in [0.4, 0.5) is 4.39 Å². The molecule has 1 aromatic carbocycles. The summed E-state index contributed by atoms with van der Waals surface area (Å²) < 4.78 is 36.3. The lowest BCUT2D eigenvalue weighted by Crippen LogP contribution is -2.30. The second-order valence-electron chi connectivity index (χ2n) is 5.24. The maximum atomic E-state index is 13.5. The Morgan fingerprint density at radius 2 is 2.10 bits per heavy atom. The van der Waals surface area contributed by atoms with Crippen LogP contribution in [0.1, 0.15) is 36.5 Å². The van der Waals surface area contributed by atoms with Gasteiger partial charge in [0.25, 0.3) is 15.0 Å². The first-order valence-corrected chi connectivity index (χ1v) is 9.51. The first-order valence-electron chi connectivity index (χ1n) is 6.40. The van der Waals surface area contributed by atoms with Gasteiger partial charge in [0.15, 0.2) is 0 Å². The monoisotopic (exact) mass is 397 g/mol. The molecule has 0 aromatic heterocycles. The summed E-state index contributed by atoms with van der Waals surface area (Å²) in [6.45, 7) is 2.55. The van der Waals surface area contributed by atoms with Gasteiger partial charge in [0.1, 0.15) is 10.7 Å². The topological polar surface area (TPSA) is 63.2 Å². The van der Waals surface area contributed by atoms with Gasteiger partial charge in [-0.25, -0.2) is 12.8 Å². The number of rotatable bonds is 5. The molecule has 2 rings (SSSR count). The van der Waals surface area contributed by atoms with Gasteiger partial charge in [-0.15, -0.1) is 0 Å². The average Bonchev–Trinajstić information content (AvgIpc) is 3.17. The van der Waals surface area contributed by atoms with Gasteiger partial charge in [-0.1, -0.05) is 6.92 Å². The zero-order valence-electron chi connectivity index (χ0n) is 11.3. The molecule has 116 valence electrons. The normalized spacial score (nSPS) is 16.6. The number of carbonyl (C=O) groups is 1. The Hall–Kier alpha value is -0.660. The van der Waals surface area contributed by atoms with Crippen molar-refractivity contribution in [2.45, 2.75) is 31.1 Å². The van der Waals surface area contributed by atoms with E-state index in [1.165, 1.54) is 0 Å². The van der Waals surface area contributed by atoms with Crippen molar-refractivity contribution in [3.8, 4) is 0 Å². The third-order valence-electron chi connectivity index (χ3n) is 3.84. The van der Waals surface area contributed by atoms with Crippen molar-refractivity contribution < 1.29 is 17.6 Å². The van der Waals surface area contributed by atoms with Crippen LogP contribution in [0, 0.1) is 11.2 Å². The molecule has 0 radical (unpaired) electrons. The van der Waals surface area contributed by atoms with E-state index in [1.807, 2.05) is 0 Å². The summed E-state index contributed by atoms with van der Waals surface area (Å²) >= 11 is 3.01. The Labute approximate surface area is 135 Å². The smallest absolute Gasteiger partial charge is 0.262 e. The molecule has 1 amide bonds. The minimum atomic E-state index is -4.14. The molecule has 1 saturated carbocycles. The first-order chi connectivity index (χ1) is 9.68. The summed E-state index contributed by atoms with van der Waals surface area (Å²) in [4.78, 5) is 11.7. The van der Waals surface area contributed by atoms with Gasteiger partial charge in [0, 0.05) is 17.2 Å². The van der Waals surface area contributed by atoms with E-state index in [0.29, 0.717) is 6.54 Å². The molecule has 0 saturated heterocycles. The van der Waals surface area contributed by atoms with Crippen molar-refractivity contribution in [3.05, 3.63) is 28.0 Å². The molecule has 8 heteroatoms. The van der Waals surface area contributed by atoms with Gasteiger partial charge >= 0.3 is 0 Å². The molecule has 0 heterocycles. The number of benzene rings is 1. The van der Waals surface area contributed by atoms with Crippen LogP contribution in [0.15, 0.2) is 21.5 Å². The van der Waals surface area contributed by atoms with Crippen LogP contribution >= 0.6 is 26.6 Å². The third kappa shape index (κ3) is 3.76. The SMILES string of the molecule is CCC1(CNC(=O)c2cc(F)cc(S(=O)(=O)Cl)c2Br)CC1. The van der Waals surface area contributed by atoms with E-state index in [0.717, 1.165) is 31.4 Å².